The number of likely N-dealkylation sites (tertiary alicyclic amines) is 1. The number of nitrogens with one attached hydrogen (secondary N) is 1. The number of rotatable bonds is 10. The summed E-state index contributed by atoms with van der Waals surface area (Å²) in [4.78, 5) is 55.9. The van der Waals surface area contributed by atoms with Crippen LogP contribution in [0.1, 0.15) is 53.4 Å². The van der Waals surface area contributed by atoms with E-state index in [9.17, 15) is 19.2 Å². The number of carbonyl (C=O) groups excluding carboxylic acids is 2. The van der Waals surface area contributed by atoms with E-state index in [-0.39, 0.29) is 41.8 Å². The van der Waals surface area contributed by atoms with Gasteiger partial charge < -0.3 is 15.4 Å². The van der Waals surface area contributed by atoms with Crippen molar-refractivity contribution in [3.8, 4) is 0 Å². The fraction of sp³-hybridized carbons (Fsp3) is 0.727. The number of H-pyrrole nitrogens is 1. The molecule has 1 amide bonds. The predicted molar refractivity (Wildman–Crippen MR) is 124 cm³/mol. The first-order valence-corrected chi connectivity index (χ1v) is 11.5. The third-order valence-electron chi connectivity index (χ3n) is 5.63. The lowest BCUT2D eigenvalue weighted by Crippen LogP contribution is -2.47. The maximum atomic E-state index is 13.3. The molecule has 1 aromatic heterocycles. The van der Waals surface area contributed by atoms with Gasteiger partial charge in [0.25, 0.3) is 5.56 Å². The summed E-state index contributed by atoms with van der Waals surface area (Å²) in [6.07, 6.45) is 2.78. The van der Waals surface area contributed by atoms with Gasteiger partial charge >= 0.3 is 11.7 Å². The number of nitrogens with two attached hydrogens (primary N) is 1. The first-order chi connectivity index (χ1) is 15.2. The zero-order valence-electron chi connectivity index (χ0n) is 19.7. The van der Waals surface area contributed by atoms with E-state index in [2.05, 4.69) is 4.98 Å². The minimum absolute atomic E-state index is 0.0120. The highest BCUT2D eigenvalue weighted by atomic mass is 16.5. The number of carbonyl (C=O) groups is 2. The topological polar surface area (TPSA) is 131 Å². The number of amides is 1. The molecule has 0 atom stereocenters. The molecule has 0 spiro atoms. The quantitative estimate of drug-likeness (QED) is 0.511. The van der Waals surface area contributed by atoms with E-state index < -0.39 is 11.2 Å². The number of aromatic nitrogens is 2. The fourth-order valence-corrected chi connectivity index (χ4v) is 3.93. The van der Waals surface area contributed by atoms with Crippen molar-refractivity contribution >= 4 is 23.4 Å². The monoisotopic (exact) mass is 451 g/mol. The molecule has 0 unspecified atom stereocenters. The highest BCUT2D eigenvalue weighted by Crippen LogP contribution is 2.21. The molecule has 2 rings (SSSR count). The van der Waals surface area contributed by atoms with E-state index in [1.807, 2.05) is 25.7 Å². The minimum atomic E-state index is -0.655. The highest BCUT2D eigenvalue weighted by molar-refractivity contribution is 5.96. The molecule has 1 saturated heterocycles. The summed E-state index contributed by atoms with van der Waals surface area (Å²) < 4.78 is 6.42. The molecule has 1 aliphatic rings. The van der Waals surface area contributed by atoms with Crippen LogP contribution in [0, 0.1) is 11.8 Å². The number of hydrogen-bond donors (Lipinski definition) is 2. The maximum absolute atomic E-state index is 13.3. The summed E-state index contributed by atoms with van der Waals surface area (Å²) in [5.41, 5.74) is 5.04. The molecule has 0 saturated carbocycles. The molecule has 32 heavy (non-hydrogen) atoms. The van der Waals surface area contributed by atoms with Crippen LogP contribution < -0.4 is 21.9 Å². The Morgan fingerprint density at radius 2 is 1.88 bits per heavy atom. The van der Waals surface area contributed by atoms with Crippen LogP contribution in [0.3, 0.4) is 0 Å². The minimum Gasteiger partial charge on any atom is -0.466 e. The molecule has 1 aromatic rings. The average molecular weight is 452 g/mol. The lowest BCUT2D eigenvalue weighted by Gasteiger charge is -2.32. The number of hydrogen-bond acceptors (Lipinski definition) is 7. The first kappa shape index (κ1) is 25.6. The summed E-state index contributed by atoms with van der Waals surface area (Å²) in [6, 6.07) is 0. The molecule has 10 nitrogen and oxygen atoms in total. The largest absolute Gasteiger partial charge is 0.466 e. The standard InChI is InChI=1S/C22H37N5O5/c1-5-7-10-26(18-19(23)27(13-15(3)4)22(31)24-20(18)29)17(28)14-25-11-8-16(9-12-25)21(30)32-6-2/h15-16H,5-14,23H2,1-4H3,(H,24,29,31). The van der Waals surface area contributed by atoms with Crippen LogP contribution in [-0.2, 0) is 20.9 Å². The Morgan fingerprint density at radius 3 is 2.44 bits per heavy atom. The average Bonchev–Trinajstić information content (AvgIpc) is 2.73. The Morgan fingerprint density at radius 1 is 1.22 bits per heavy atom. The van der Waals surface area contributed by atoms with Gasteiger partial charge in [-0.25, -0.2) is 4.79 Å². The van der Waals surface area contributed by atoms with Crippen molar-refractivity contribution in [2.24, 2.45) is 11.8 Å². The van der Waals surface area contributed by atoms with Gasteiger partial charge in [-0.1, -0.05) is 27.2 Å². The molecule has 0 radical (unpaired) electrons. The smallest absolute Gasteiger partial charge is 0.330 e. The zero-order chi connectivity index (χ0) is 23.8. The lowest BCUT2D eigenvalue weighted by molar-refractivity contribution is -0.149. The third-order valence-corrected chi connectivity index (χ3v) is 5.63. The second kappa shape index (κ2) is 11.8. The van der Waals surface area contributed by atoms with Gasteiger partial charge in [-0.2, -0.15) is 0 Å². The van der Waals surface area contributed by atoms with Crippen molar-refractivity contribution in [2.75, 3.05) is 43.4 Å². The van der Waals surface area contributed by atoms with Crippen LogP contribution in [0.5, 0.6) is 0 Å². The molecule has 1 fully saturated rings. The number of unbranched alkanes of at least 4 members (excludes halogenated alkanes) is 1. The molecule has 10 heteroatoms. The van der Waals surface area contributed by atoms with E-state index in [4.69, 9.17) is 10.5 Å². The van der Waals surface area contributed by atoms with Crippen molar-refractivity contribution in [1.29, 1.82) is 0 Å². The molecule has 3 N–H and O–H groups in total. The van der Waals surface area contributed by atoms with Gasteiger partial charge in [-0.3, -0.25) is 28.8 Å². The number of ether oxygens (including phenoxy) is 1. The fourth-order valence-electron chi connectivity index (χ4n) is 3.93. The van der Waals surface area contributed by atoms with Crippen molar-refractivity contribution in [3.05, 3.63) is 20.8 Å². The Kier molecular flexibility index (Phi) is 9.49. The molecule has 180 valence electrons. The lowest BCUT2D eigenvalue weighted by atomic mass is 9.97. The Bertz CT molecular complexity index is 899. The van der Waals surface area contributed by atoms with Gasteiger partial charge in [0.2, 0.25) is 5.91 Å². The number of nitrogens with zero attached hydrogens (tertiary/aromatic N) is 3. The van der Waals surface area contributed by atoms with E-state index in [0.717, 1.165) is 6.42 Å². The third kappa shape index (κ3) is 6.44. The van der Waals surface area contributed by atoms with Gasteiger partial charge in [-0.05, 0) is 45.2 Å². The summed E-state index contributed by atoms with van der Waals surface area (Å²) in [5, 5.41) is 0. The number of anilines is 2. The molecular weight excluding hydrogens is 414 g/mol. The van der Waals surface area contributed by atoms with E-state index in [0.29, 0.717) is 52.0 Å². The van der Waals surface area contributed by atoms with Crippen LogP contribution in [-0.4, -0.2) is 59.1 Å². The number of esters is 1. The van der Waals surface area contributed by atoms with Crippen LogP contribution in [0.25, 0.3) is 0 Å². The first-order valence-electron chi connectivity index (χ1n) is 11.5. The molecule has 0 aromatic carbocycles. The molecule has 0 bridgehead atoms. The summed E-state index contributed by atoms with van der Waals surface area (Å²) in [7, 11) is 0. The Labute approximate surface area is 188 Å². The van der Waals surface area contributed by atoms with Gasteiger partial charge in [0, 0.05) is 13.1 Å². The Hall–Kier alpha value is -2.62. The number of piperidine rings is 1. The molecule has 2 heterocycles. The van der Waals surface area contributed by atoms with E-state index in [1.54, 1.807) is 6.92 Å². The molecular formula is C22H37N5O5. The van der Waals surface area contributed by atoms with E-state index in [1.165, 1.54) is 9.47 Å². The summed E-state index contributed by atoms with van der Waals surface area (Å²) in [6.45, 7) is 10.00. The van der Waals surface area contributed by atoms with Crippen LogP contribution in [0.15, 0.2) is 9.59 Å². The Balaban J connectivity index is 2.22. The van der Waals surface area contributed by atoms with Crippen molar-refractivity contribution in [2.45, 2.75) is 59.9 Å². The second-order valence-electron chi connectivity index (χ2n) is 8.70. The zero-order valence-corrected chi connectivity index (χ0v) is 19.7. The second-order valence-corrected chi connectivity index (χ2v) is 8.70. The van der Waals surface area contributed by atoms with Crippen molar-refractivity contribution in [1.82, 2.24) is 14.5 Å². The van der Waals surface area contributed by atoms with E-state index >= 15 is 0 Å². The van der Waals surface area contributed by atoms with Crippen LogP contribution in [0.4, 0.5) is 11.5 Å². The highest BCUT2D eigenvalue weighted by Gasteiger charge is 2.29. The van der Waals surface area contributed by atoms with Gasteiger partial charge in [0.1, 0.15) is 5.82 Å². The van der Waals surface area contributed by atoms with Gasteiger partial charge in [0.15, 0.2) is 5.69 Å². The summed E-state index contributed by atoms with van der Waals surface area (Å²) in [5.74, 6) is -0.433. The van der Waals surface area contributed by atoms with Crippen molar-refractivity contribution < 1.29 is 14.3 Å². The van der Waals surface area contributed by atoms with Gasteiger partial charge in [-0.15, -0.1) is 0 Å². The van der Waals surface area contributed by atoms with Crippen molar-refractivity contribution in [3.63, 3.8) is 0 Å². The normalized spacial score (nSPS) is 15.2. The van der Waals surface area contributed by atoms with Crippen LogP contribution >= 0.6 is 0 Å². The maximum Gasteiger partial charge on any atom is 0.330 e. The molecule has 0 aliphatic carbocycles. The SMILES string of the molecule is CCCCN(C(=O)CN1CCC(C(=O)OCC)CC1)c1c(N)n(CC(C)C)c(=O)[nH]c1=O. The molecule has 1 aliphatic heterocycles. The predicted octanol–water partition coefficient (Wildman–Crippen LogP) is 1.18. The van der Waals surface area contributed by atoms with Crippen LogP contribution in [0.2, 0.25) is 0 Å². The number of aromatic amines is 1. The number of nitrogen functional groups attached to an aromatic ring is 1. The summed E-state index contributed by atoms with van der Waals surface area (Å²) >= 11 is 0. The van der Waals surface area contributed by atoms with Gasteiger partial charge in [0.05, 0.1) is 19.1 Å².